The summed E-state index contributed by atoms with van der Waals surface area (Å²) >= 11 is 0. The van der Waals surface area contributed by atoms with E-state index in [-0.39, 0.29) is 22.5 Å². The predicted molar refractivity (Wildman–Crippen MR) is 63.5 cm³/mol. The van der Waals surface area contributed by atoms with E-state index in [0.717, 1.165) is 0 Å². The van der Waals surface area contributed by atoms with Gasteiger partial charge in [-0.25, -0.2) is 4.79 Å². The lowest BCUT2D eigenvalue weighted by Crippen LogP contribution is -2.13. The molecule has 2 N–H and O–H groups in total. The number of aromatic hydroxyl groups is 1. The Bertz CT molecular complexity index is 455. The first-order valence-electron chi connectivity index (χ1n) is 5.30. The fourth-order valence-electron chi connectivity index (χ4n) is 1.46. The number of hydrogen-bond donors (Lipinski definition) is 2. The van der Waals surface area contributed by atoms with E-state index < -0.39 is 5.97 Å². The molecule has 1 aromatic carbocycles. The largest absolute Gasteiger partial charge is 0.507 e. The highest BCUT2D eigenvalue weighted by Gasteiger charge is 2.19. The molecule has 0 unspecified atom stereocenters. The van der Waals surface area contributed by atoms with Crippen molar-refractivity contribution in [2.24, 2.45) is 5.41 Å². The van der Waals surface area contributed by atoms with Gasteiger partial charge in [0.05, 0.1) is 0 Å². The first kappa shape index (κ1) is 13.2. The Kier molecular flexibility index (Phi) is 3.56. The highest BCUT2D eigenvalue weighted by atomic mass is 16.4. The standard InChI is InChI=1S/C13H16O4/c1-13(2,3)7-11(15)8-4-5-10(14)9(6-8)12(16)17/h4-6,14H,7H2,1-3H3,(H,16,17). The van der Waals surface area contributed by atoms with Gasteiger partial charge >= 0.3 is 5.97 Å². The molecule has 1 rings (SSSR count). The van der Waals surface area contributed by atoms with Crippen LogP contribution in [0.15, 0.2) is 18.2 Å². The van der Waals surface area contributed by atoms with Crippen LogP contribution in [-0.4, -0.2) is 22.0 Å². The molecule has 1 aromatic rings. The van der Waals surface area contributed by atoms with E-state index in [1.54, 1.807) is 0 Å². The summed E-state index contributed by atoms with van der Waals surface area (Å²) in [4.78, 5) is 22.7. The molecule has 4 heteroatoms. The molecular weight excluding hydrogens is 220 g/mol. The minimum atomic E-state index is -1.24. The van der Waals surface area contributed by atoms with Crippen molar-refractivity contribution in [3.63, 3.8) is 0 Å². The smallest absolute Gasteiger partial charge is 0.339 e. The molecule has 92 valence electrons. The molecule has 0 aromatic heterocycles. The predicted octanol–water partition coefficient (Wildman–Crippen LogP) is 2.71. The quantitative estimate of drug-likeness (QED) is 0.791. The van der Waals surface area contributed by atoms with Crippen molar-refractivity contribution < 1.29 is 19.8 Å². The molecule has 0 spiro atoms. The first-order valence-corrected chi connectivity index (χ1v) is 5.30. The normalized spacial score (nSPS) is 11.2. The van der Waals surface area contributed by atoms with Crippen molar-refractivity contribution in [1.82, 2.24) is 0 Å². The summed E-state index contributed by atoms with van der Waals surface area (Å²) < 4.78 is 0. The second-order valence-corrected chi connectivity index (χ2v) is 5.20. The minimum Gasteiger partial charge on any atom is -0.507 e. The number of phenols is 1. The molecule has 0 radical (unpaired) electrons. The molecule has 0 aliphatic heterocycles. The topological polar surface area (TPSA) is 74.6 Å². The number of Topliss-reactive ketones (excluding diaryl/α,β-unsaturated/α-hetero) is 1. The number of carbonyl (C=O) groups excluding carboxylic acids is 1. The number of carboxylic acids is 1. The first-order chi connectivity index (χ1) is 7.70. The van der Waals surface area contributed by atoms with Crippen LogP contribution in [0, 0.1) is 5.41 Å². The second kappa shape index (κ2) is 4.57. The van der Waals surface area contributed by atoms with Gasteiger partial charge in [-0.05, 0) is 23.6 Å². The average molecular weight is 236 g/mol. The van der Waals surface area contributed by atoms with Gasteiger partial charge in [0, 0.05) is 12.0 Å². The van der Waals surface area contributed by atoms with Crippen LogP contribution in [0.2, 0.25) is 0 Å². The van der Waals surface area contributed by atoms with Gasteiger partial charge in [-0.3, -0.25) is 4.79 Å². The Hall–Kier alpha value is -1.84. The van der Waals surface area contributed by atoms with Crippen molar-refractivity contribution in [3.05, 3.63) is 29.3 Å². The van der Waals surface area contributed by atoms with Crippen LogP contribution in [0.25, 0.3) is 0 Å². The zero-order chi connectivity index (χ0) is 13.2. The lowest BCUT2D eigenvalue weighted by molar-refractivity contribution is 0.0693. The van der Waals surface area contributed by atoms with Gasteiger partial charge < -0.3 is 10.2 Å². The van der Waals surface area contributed by atoms with Gasteiger partial charge in [0.2, 0.25) is 0 Å². The highest BCUT2D eigenvalue weighted by molar-refractivity contribution is 6.00. The maximum atomic E-state index is 11.9. The zero-order valence-corrected chi connectivity index (χ0v) is 10.2. The van der Waals surface area contributed by atoms with Crippen LogP contribution in [0.5, 0.6) is 5.75 Å². The van der Waals surface area contributed by atoms with E-state index >= 15 is 0 Å². The molecule has 0 saturated carbocycles. The third-order valence-electron chi connectivity index (χ3n) is 2.24. The molecule has 0 fully saturated rings. The molecule has 17 heavy (non-hydrogen) atoms. The third-order valence-corrected chi connectivity index (χ3v) is 2.24. The lowest BCUT2D eigenvalue weighted by atomic mass is 9.87. The van der Waals surface area contributed by atoms with E-state index in [1.807, 2.05) is 20.8 Å². The average Bonchev–Trinajstić information content (AvgIpc) is 2.14. The fraction of sp³-hybridized carbons (Fsp3) is 0.385. The molecule has 0 aliphatic carbocycles. The Morgan fingerprint density at radius 2 is 1.82 bits per heavy atom. The van der Waals surface area contributed by atoms with Gasteiger partial charge in [-0.15, -0.1) is 0 Å². The summed E-state index contributed by atoms with van der Waals surface area (Å²) in [6.45, 7) is 5.80. The van der Waals surface area contributed by atoms with Crippen molar-refractivity contribution in [2.75, 3.05) is 0 Å². The minimum absolute atomic E-state index is 0.125. The number of ketones is 1. The monoisotopic (exact) mass is 236 g/mol. The second-order valence-electron chi connectivity index (χ2n) is 5.20. The molecule has 0 amide bonds. The highest BCUT2D eigenvalue weighted by Crippen LogP contribution is 2.24. The lowest BCUT2D eigenvalue weighted by Gasteiger charge is -2.16. The summed E-state index contributed by atoms with van der Waals surface area (Å²) in [5.74, 6) is -1.70. The number of benzene rings is 1. The summed E-state index contributed by atoms with van der Waals surface area (Å²) in [6, 6.07) is 3.89. The SMILES string of the molecule is CC(C)(C)CC(=O)c1ccc(O)c(C(=O)O)c1. The van der Waals surface area contributed by atoms with Crippen LogP contribution < -0.4 is 0 Å². The van der Waals surface area contributed by atoms with Crippen molar-refractivity contribution in [1.29, 1.82) is 0 Å². The Labute approximate surface area is 99.9 Å². The van der Waals surface area contributed by atoms with Crippen LogP contribution in [0.4, 0.5) is 0 Å². The van der Waals surface area contributed by atoms with Gasteiger partial charge in [0.15, 0.2) is 5.78 Å². The van der Waals surface area contributed by atoms with Crippen LogP contribution in [0.1, 0.15) is 47.9 Å². The number of carbonyl (C=O) groups is 2. The molecule has 0 atom stereocenters. The third kappa shape index (κ3) is 3.59. The zero-order valence-electron chi connectivity index (χ0n) is 10.2. The molecule has 0 saturated heterocycles. The number of carboxylic acid groups (broad SMARTS) is 1. The summed E-state index contributed by atoms with van der Waals surface area (Å²) in [5, 5.41) is 18.2. The van der Waals surface area contributed by atoms with Crippen molar-refractivity contribution in [3.8, 4) is 5.75 Å². The number of rotatable bonds is 3. The summed E-state index contributed by atoms with van der Waals surface area (Å²) in [7, 11) is 0. The maximum Gasteiger partial charge on any atom is 0.339 e. The molecule has 0 heterocycles. The molecular formula is C13H16O4. The summed E-state index contributed by atoms with van der Waals surface area (Å²) in [5.41, 5.74) is -0.0851. The Morgan fingerprint density at radius 1 is 1.24 bits per heavy atom. The summed E-state index contributed by atoms with van der Waals surface area (Å²) in [6.07, 6.45) is 0.330. The van der Waals surface area contributed by atoms with Crippen molar-refractivity contribution >= 4 is 11.8 Å². The molecule has 4 nitrogen and oxygen atoms in total. The number of aromatic carboxylic acids is 1. The molecule has 0 bridgehead atoms. The van der Waals surface area contributed by atoms with E-state index in [1.165, 1.54) is 18.2 Å². The van der Waals surface area contributed by atoms with Gasteiger partial charge in [0.1, 0.15) is 11.3 Å². The number of hydrogen-bond acceptors (Lipinski definition) is 3. The van der Waals surface area contributed by atoms with Crippen LogP contribution in [0.3, 0.4) is 0 Å². The van der Waals surface area contributed by atoms with Gasteiger partial charge in [0.25, 0.3) is 0 Å². The van der Waals surface area contributed by atoms with E-state index in [2.05, 4.69) is 0 Å². The Morgan fingerprint density at radius 3 is 2.29 bits per heavy atom. The van der Waals surface area contributed by atoms with Crippen molar-refractivity contribution in [2.45, 2.75) is 27.2 Å². The van der Waals surface area contributed by atoms with Gasteiger partial charge in [-0.1, -0.05) is 20.8 Å². The van der Waals surface area contributed by atoms with E-state index in [4.69, 9.17) is 5.11 Å². The fourth-order valence-corrected chi connectivity index (χ4v) is 1.46. The Balaban J connectivity index is 3.04. The van der Waals surface area contributed by atoms with E-state index in [0.29, 0.717) is 12.0 Å². The molecule has 0 aliphatic rings. The van der Waals surface area contributed by atoms with Gasteiger partial charge in [-0.2, -0.15) is 0 Å². The van der Waals surface area contributed by atoms with Crippen LogP contribution >= 0.6 is 0 Å². The maximum absolute atomic E-state index is 11.9. The van der Waals surface area contributed by atoms with Crippen LogP contribution in [-0.2, 0) is 0 Å². The van der Waals surface area contributed by atoms with E-state index in [9.17, 15) is 14.7 Å².